The van der Waals surface area contributed by atoms with E-state index in [1.54, 1.807) is 19.1 Å². The van der Waals surface area contributed by atoms with Gasteiger partial charge in [-0.25, -0.2) is 0 Å². The van der Waals surface area contributed by atoms with Crippen LogP contribution in [0.1, 0.15) is 35.7 Å². The second-order valence-electron chi connectivity index (χ2n) is 4.18. The van der Waals surface area contributed by atoms with Crippen LogP contribution in [-0.4, -0.2) is 22.9 Å². The highest BCUT2D eigenvalue weighted by Crippen LogP contribution is 2.17. The lowest BCUT2D eigenvalue weighted by Crippen LogP contribution is -2.24. The lowest BCUT2D eigenvalue weighted by Gasteiger charge is -2.07. The van der Waals surface area contributed by atoms with Crippen molar-refractivity contribution < 1.29 is 9.90 Å². The van der Waals surface area contributed by atoms with Crippen molar-refractivity contribution in [3.05, 3.63) is 29.3 Å². The summed E-state index contributed by atoms with van der Waals surface area (Å²) >= 11 is 5.80. The van der Waals surface area contributed by atoms with Gasteiger partial charge in [0.05, 0.1) is 0 Å². The highest BCUT2D eigenvalue weighted by atomic mass is 35.5. The molecule has 1 atom stereocenters. The van der Waals surface area contributed by atoms with Crippen LogP contribution in [0.4, 0.5) is 0 Å². The second-order valence-corrected chi connectivity index (χ2v) is 4.93. The van der Waals surface area contributed by atoms with Gasteiger partial charge in [-0.1, -0.05) is 6.07 Å². The van der Waals surface area contributed by atoms with Crippen molar-refractivity contribution in [1.29, 1.82) is 0 Å². The number of amides is 1. The first kappa shape index (κ1) is 13.8. The predicted molar refractivity (Wildman–Crippen MR) is 69.7 cm³/mol. The standard InChI is InChI=1S/C13H18ClNO2/c1-9-5-6-11(8-12(9)16)13(17)15-7-3-4-10(2)14/h5-6,8,10,16H,3-4,7H2,1-2H3,(H,15,17). The SMILES string of the molecule is Cc1ccc(C(=O)NCCCC(C)Cl)cc1O. The van der Waals surface area contributed by atoms with Gasteiger partial charge in [0.2, 0.25) is 0 Å². The Kier molecular flexibility index (Phi) is 5.29. The molecular weight excluding hydrogens is 238 g/mol. The average molecular weight is 256 g/mol. The zero-order valence-corrected chi connectivity index (χ0v) is 10.9. The molecule has 1 unspecified atom stereocenters. The van der Waals surface area contributed by atoms with E-state index in [0.29, 0.717) is 12.1 Å². The highest BCUT2D eigenvalue weighted by Gasteiger charge is 2.07. The van der Waals surface area contributed by atoms with E-state index in [0.717, 1.165) is 18.4 Å². The Morgan fingerprint density at radius 3 is 2.82 bits per heavy atom. The molecule has 0 fully saturated rings. The van der Waals surface area contributed by atoms with Gasteiger partial charge < -0.3 is 10.4 Å². The van der Waals surface area contributed by atoms with Gasteiger partial charge in [-0.15, -0.1) is 11.6 Å². The quantitative estimate of drug-likeness (QED) is 0.628. The molecule has 1 aromatic rings. The Balaban J connectivity index is 2.44. The Bertz CT molecular complexity index is 391. The number of hydrogen-bond donors (Lipinski definition) is 2. The first-order valence-electron chi connectivity index (χ1n) is 5.72. The van der Waals surface area contributed by atoms with Crippen LogP contribution < -0.4 is 5.32 Å². The minimum absolute atomic E-state index is 0.135. The van der Waals surface area contributed by atoms with Gasteiger partial charge in [-0.2, -0.15) is 0 Å². The number of aromatic hydroxyl groups is 1. The number of benzene rings is 1. The molecule has 0 bridgehead atoms. The first-order valence-corrected chi connectivity index (χ1v) is 6.16. The van der Waals surface area contributed by atoms with E-state index in [1.165, 1.54) is 6.07 Å². The minimum Gasteiger partial charge on any atom is -0.508 e. The fraction of sp³-hybridized carbons (Fsp3) is 0.462. The molecule has 2 N–H and O–H groups in total. The summed E-state index contributed by atoms with van der Waals surface area (Å²) in [7, 11) is 0. The first-order chi connectivity index (χ1) is 8.00. The molecule has 0 saturated heterocycles. The van der Waals surface area contributed by atoms with Crippen LogP contribution in [0.3, 0.4) is 0 Å². The Morgan fingerprint density at radius 2 is 2.24 bits per heavy atom. The summed E-state index contributed by atoms with van der Waals surface area (Å²) in [5.41, 5.74) is 1.24. The van der Waals surface area contributed by atoms with Gasteiger partial charge in [0.15, 0.2) is 0 Å². The van der Waals surface area contributed by atoms with Crippen LogP contribution in [-0.2, 0) is 0 Å². The number of hydrogen-bond acceptors (Lipinski definition) is 2. The van der Waals surface area contributed by atoms with Gasteiger partial charge in [0.1, 0.15) is 5.75 Å². The van der Waals surface area contributed by atoms with Gasteiger partial charge in [0.25, 0.3) is 5.91 Å². The van der Waals surface area contributed by atoms with E-state index in [-0.39, 0.29) is 17.0 Å². The monoisotopic (exact) mass is 255 g/mol. The fourth-order valence-electron chi connectivity index (χ4n) is 1.44. The van der Waals surface area contributed by atoms with E-state index in [1.807, 2.05) is 6.92 Å². The minimum atomic E-state index is -0.164. The van der Waals surface area contributed by atoms with Gasteiger partial charge >= 0.3 is 0 Å². The summed E-state index contributed by atoms with van der Waals surface area (Å²) in [5, 5.41) is 12.4. The molecular formula is C13H18ClNO2. The van der Waals surface area contributed by atoms with Crippen molar-refractivity contribution in [3.63, 3.8) is 0 Å². The third-order valence-corrected chi connectivity index (χ3v) is 2.75. The van der Waals surface area contributed by atoms with Crippen LogP contribution in [0.5, 0.6) is 5.75 Å². The summed E-state index contributed by atoms with van der Waals surface area (Å²) < 4.78 is 0. The Labute approximate surface area is 107 Å². The number of alkyl halides is 1. The van der Waals surface area contributed by atoms with E-state index in [9.17, 15) is 9.90 Å². The van der Waals surface area contributed by atoms with Crippen molar-refractivity contribution in [1.82, 2.24) is 5.32 Å². The van der Waals surface area contributed by atoms with Crippen molar-refractivity contribution in [2.24, 2.45) is 0 Å². The highest BCUT2D eigenvalue weighted by molar-refractivity contribution is 6.20. The van der Waals surface area contributed by atoms with E-state index in [2.05, 4.69) is 5.32 Å². The number of nitrogens with one attached hydrogen (secondary N) is 1. The molecule has 3 nitrogen and oxygen atoms in total. The number of carbonyl (C=O) groups is 1. The van der Waals surface area contributed by atoms with Crippen LogP contribution >= 0.6 is 11.6 Å². The van der Waals surface area contributed by atoms with E-state index in [4.69, 9.17) is 11.6 Å². The number of rotatable bonds is 5. The molecule has 0 aromatic heterocycles. The molecule has 17 heavy (non-hydrogen) atoms. The fourth-order valence-corrected chi connectivity index (χ4v) is 1.59. The topological polar surface area (TPSA) is 49.3 Å². The summed E-state index contributed by atoms with van der Waals surface area (Å²) in [5.74, 6) is -0.0189. The average Bonchev–Trinajstić information content (AvgIpc) is 2.27. The third-order valence-electron chi connectivity index (χ3n) is 2.54. The molecule has 0 aliphatic rings. The number of carbonyl (C=O) groups excluding carboxylic acids is 1. The lowest BCUT2D eigenvalue weighted by molar-refractivity contribution is 0.0952. The van der Waals surface area contributed by atoms with E-state index < -0.39 is 0 Å². The maximum Gasteiger partial charge on any atom is 0.251 e. The van der Waals surface area contributed by atoms with Gasteiger partial charge in [-0.3, -0.25) is 4.79 Å². The van der Waals surface area contributed by atoms with Gasteiger partial charge in [0, 0.05) is 17.5 Å². The molecule has 1 amide bonds. The van der Waals surface area contributed by atoms with Crippen molar-refractivity contribution in [2.45, 2.75) is 32.1 Å². The van der Waals surface area contributed by atoms with Crippen LogP contribution in [0, 0.1) is 6.92 Å². The molecule has 1 rings (SSSR count). The normalized spacial score (nSPS) is 12.2. The van der Waals surface area contributed by atoms with Crippen molar-refractivity contribution in [2.75, 3.05) is 6.54 Å². The van der Waals surface area contributed by atoms with Crippen molar-refractivity contribution >= 4 is 17.5 Å². The molecule has 0 aliphatic heterocycles. The largest absolute Gasteiger partial charge is 0.508 e. The lowest BCUT2D eigenvalue weighted by atomic mass is 10.1. The Hall–Kier alpha value is -1.22. The van der Waals surface area contributed by atoms with E-state index >= 15 is 0 Å². The molecule has 0 saturated carbocycles. The smallest absolute Gasteiger partial charge is 0.251 e. The second kappa shape index (κ2) is 6.50. The third kappa shape index (κ3) is 4.65. The molecule has 0 aliphatic carbocycles. The molecule has 0 heterocycles. The Morgan fingerprint density at radius 1 is 1.53 bits per heavy atom. The predicted octanol–water partition coefficient (Wildman–Crippen LogP) is 2.84. The zero-order chi connectivity index (χ0) is 12.8. The maximum atomic E-state index is 11.7. The summed E-state index contributed by atoms with van der Waals surface area (Å²) in [6, 6.07) is 4.91. The number of halogens is 1. The zero-order valence-electron chi connectivity index (χ0n) is 10.2. The summed E-state index contributed by atoms with van der Waals surface area (Å²) in [6.45, 7) is 4.32. The maximum absolute atomic E-state index is 11.7. The number of aryl methyl sites for hydroxylation is 1. The van der Waals surface area contributed by atoms with Gasteiger partial charge in [-0.05, 0) is 44.4 Å². The molecule has 0 spiro atoms. The summed E-state index contributed by atoms with van der Waals surface area (Å²) in [6.07, 6.45) is 1.73. The number of phenols is 1. The van der Waals surface area contributed by atoms with Crippen molar-refractivity contribution in [3.8, 4) is 5.75 Å². The van der Waals surface area contributed by atoms with Crippen LogP contribution in [0.2, 0.25) is 0 Å². The van der Waals surface area contributed by atoms with Crippen LogP contribution in [0.15, 0.2) is 18.2 Å². The summed E-state index contributed by atoms with van der Waals surface area (Å²) in [4.78, 5) is 11.7. The molecule has 94 valence electrons. The molecule has 0 radical (unpaired) electrons. The molecule has 4 heteroatoms. The van der Waals surface area contributed by atoms with Crippen LogP contribution in [0.25, 0.3) is 0 Å². The number of phenolic OH excluding ortho intramolecular Hbond substituents is 1. The molecule has 1 aromatic carbocycles.